The summed E-state index contributed by atoms with van der Waals surface area (Å²) in [5.41, 5.74) is -0.566. The normalized spacial score (nSPS) is 18.2. The molecular weight excluding hydrogens is 466 g/mol. The van der Waals surface area contributed by atoms with Crippen molar-refractivity contribution >= 4 is 27.0 Å². The van der Waals surface area contributed by atoms with Gasteiger partial charge in [0.1, 0.15) is 10.0 Å². The second kappa shape index (κ2) is 8.45. The molecular formula is C21H19F4N3O2S2. The highest BCUT2D eigenvalue weighted by atomic mass is 32.2. The van der Waals surface area contributed by atoms with Gasteiger partial charge in [0.2, 0.25) is 0 Å². The predicted octanol–water partition coefficient (Wildman–Crippen LogP) is 4.87. The molecule has 0 saturated carbocycles. The summed E-state index contributed by atoms with van der Waals surface area (Å²) < 4.78 is 81.6. The van der Waals surface area contributed by atoms with Crippen LogP contribution in [-0.4, -0.2) is 43.4 Å². The van der Waals surface area contributed by atoms with Crippen LogP contribution in [0.4, 0.5) is 23.2 Å². The average Bonchev–Trinajstić information content (AvgIpc) is 3.25. The van der Waals surface area contributed by atoms with E-state index in [0.29, 0.717) is 16.6 Å². The molecule has 0 amide bonds. The zero-order valence-electron chi connectivity index (χ0n) is 16.9. The van der Waals surface area contributed by atoms with E-state index in [1.807, 2.05) is 6.07 Å². The van der Waals surface area contributed by atoms with Gasteiger partial charge in [0.05, 0.1) is 16.1 Å². The van der Waals surface area contributed by atoms with Gasteiger partial charge in [-0.25, -0.2) is 12.8 Å². The molecule has 1 saturated heterocycles. The first-order chi connectivity index (χ1) is 15.1. The van der Waals surface area contributed by atoms with Gasteiger partial charge in [-0.3, -0.25) is 4.98 Å². The lowest BCUT2D eigenvalue weighted by molar-refractivity contribution is -0.137. The molecule has 0 unspecified atom stereocenters. The predicted molar refractivity (Wildman–Crippen MR) is 115 cm³/mol. The molecule has 3 aromatic rings. The lowest BCUT2D eigenvalue weighted by atomic mass is 10.1. The number of anilines is 1. The second-order valence-corrected chi connectivity index (χ2v) is 10.6. The Kier molecular flexibility index (Phi) is 5.99. The van der Waals surface area contributed by atoms with Gasteiger partial charge in [-0.05, 0) is 49.4 Å². The largest absolute Gasteiger partial charge is 0.418 e. The Hall–Kier alpha value is -2.50. The van der Waals surface area contributed by atoms with E-state index in [-0.39, 0.29) is 29.5 Å². The summed E-state index contributed by atoms with van der Waals surface area (Å²) in [5.74, 6) is -0.975. The first-order valence-electron chi connectivity index (χ1n) is 9.72. The number of benzene rings is 1. The molecule has 0 spiro atoms. The van der Waals surface area contributed by atoms with Gasteiger partial charge < -0.3 is 4.90 Å². The van der Waals surface area contributed by atoms with Gasteiger partial charge in [0.15, 0.2) is 0 Å². The number of halogens is 4. The summed E-state index contributed by atoms with van der Waals surface area (Å²) >= 11 is 1.10. The molecule has 32 heavy (non-hydrogen) atoms. The standard InChI is InChI=1S/C21H19F4N3O2S2/c1-14-13-27(18-6-5-15(22)12-16(18)21(23,24)25)10-11-28(14)32(29,30)20-8-7-19(31-20)17-4-2-3-9-26-17/h2-9,12,14H,10-11,13H2,1H3/t14-/m1/s1. The van der Waals surface area contributed by atoms with E-state index in [1.165, 1.54) is 15.3 Å². The zero-order valence-corrected chi connectivity index (χ0v) is 18.5. The van der Waals surface area contributed by atoms with Crippen molar-refractivity contribution in [3.05, 3.63) is 66.1 Å². The minimum Gasteiger partial charge on any atom is -0.368 e. The Morgan fingerprint density at radius 2 is 1.88 bits per heavy atom. The fourth-order valence-electron chi connectivity index (χ4n) is 3.75. The summed E-state index contributed by atoms with van der Waals surface area (Å²) in [6.45, 7) is 1.76. The monoisotopic (exact) mass is 485 g/mol. The number of alkyl halides is 3. The average molecular weight is 486 g/mol. The van der Waals surface area contributed by atoms with Crippen LogP contribution in [0.15, 0.2) is 58.9 Å². The third kappa shape index (κ3) is 4.37. The van der Waals surface area contributed by atoms with Gasteiger partial charge in [-0.2, -0.15) is 17.5 Å². The Morgan fingerprint density at radius 3 is 2.53 bits per heavy atom. The summed E-state index contributed by atoms with van der Waals surface area (Å²) in [7, 11) is -3.83. The lowest BCUT2D eigenvalue weighted by Gasteiger charge is -2.40. The number of rotatable bonds is 4. The first-order valence-corrected chi connectivity index (χ1v) is 12.0. The van der Waals surface area contributed by atoms with Crippen LogP contribution in [0.25, 0.3) is 10.6 Å². The molecule has 5 nitrogen and oxygen atoms in total. The fourth-order valence-corrected chi connectivity index (χ4v) is 6.77. The van der Waals surface area contributed by atoms with Crippen LogP contribution in [0.2, 0.25) is 0 Å². The maximum atomic E-state index is 13.4. The van der Waals surface area contributed by atoms with Gasteiger partial charge in [-0.15, -0.1) is 11.3 Å². The summed E-state index contributed by atoms with van der Waals surface area (Å²) in [6, 6.07) is 10.5. The Balaban J connectivity index is 1.56. The number of pyridine rings is 1. The van der Waals surface area contributed by atoms with Gasteiger partial charge in [0, 0.05) is 37.6 Å². The van der Waals surface area contributed by atoms with Crippen molar-refractivity contribution in [3.63, 3.8) is 0 Å². The van der Waals surface area contributed by atoms with Crippen molar-refractivity contribution in [2.75, 3.05) is 24.5 Å². The van der Waals surface area contributed by atoms with Crippen LogP contribution in [0.5, 0.6) is 0 Å². The molecule has 4 rings (SSSR count). The maximum Gasteiger partial charge on any atom is 0.418 e. The molecule has 1 atom stereocenters. The van der Waals surface area contributed by atoms with Crippen LogP contribution < -0.4 is 4.90 Å². The van der Waals surface area contributed by atoms with Crippen LogP contribution in [0.1, 0.15) is 12.5 Å². The minimum absolute atomic E-state index is 0.00892. The quantitative estimate of drug-likeness (QED) is 0.495. The number of sulfonamides is 1. The van der Waals surface area contributed by atoms with Gasteiger partial charge in [-0.1, -0.05) is 6.07 Å². The van der Waals surface area contributed by atoms with Crippen LogP contribution in [-0.2, 0) is 16.2 Å². The van der Waals surface area contributed by atoms with E-state index in [2.05, 4.69) is 4.98 Å². The van der Waals surface area contributed by atoms with E-state index in [9.17, 15) is 26.0 Å². The van der Waals surface area contributed by atoms with E-state index in [4.69, 9.17) is 0 Å². The number of piperazine rings is 1. The fraction of sp³-hybridized carbons (Fsp3) is 0.286. The molecule has 170 valence electrons. The molecule has 0 radical (unpaired) electrons. The molecule has 3 heterocycles. The minimum atomic E-state index is -4.72. The molecule has 0 N–H and O–H groups in total. The molecule has 2 aromatic heterocycles. The van der Waals surface area contributed by atoms with Crippen molar-refractivity contribution in [2.24, 2.45) is 0 Å². The maximum absolute atomic E-state index is 13.4. The van der Waals surface area contributed by atoms with Crippen molar-refractivity contribution in [2.45, 2.75) is 23.4 Å². The van der Waals surface area contributed by atoms with E-state index in [1.54, 1.807) is 31.3 Å². The molecule has 1 aromatic carbocycles. The zero-order chi connectivity index (χ0) is 23.1. The highest BCUT2D eigenvalue weighted by molar-refractivity contribution is 7.91. The molecule has 0 aliphatic carbocycles. The molecule has 1 fully saturated rings. The van der Waals surface area contributed by atoms with Crippen molar-refractivity contribution < 1.29 is 26.0 Å². The van der Waals surface area contributed by atoms with Gasteiger partial charge >= 0.3 is 6.18 Å². The van der Waals surface area contributed by atoms with Crippen LogP contribution >= 0.6 is 11.3 Å². The first kappa shape index (κ1) is 22.7. The third-order valence-corrected chi connectivity index (χ3v) is 8.82. The Bertz CT molecular complexity index is 1210. The molecule has 1 aliphatic rings. The van der Waals surface area contributed by atoms with Crippen LogP contribution in [0, 0.1) is 5.82 Å². The van der Waals surface area contributed by atoms with Crippen molar-refractivity contribution in [3.8, 4) is 10.6 Å². The smallest absolute Gasteiger partial charge is 0.368 e. The lowest BCUT2D eigenvalue weighted by Crippen LogP contribution is -2.54. The summed E-state index contributed by atoms with van der Waals surface area (Å²) in [5, 5.41) is 0. The molecule has 11 heteroatoms. The second-order valence-electron chi connectivity index (χ2n) is 7.40. The van der Waals surface area contributed by atoms with Gasteiger partial charge in [0.25, 0.3) is 10.0 Å². The molecule has 0 bridgehead atoms. The van der Waals surface area contributed by atoms with E-state index in [0.717, 1.165) is 23.5 Å². The van der Waals surface area contributed by atoms with Crippen molar-refractivity contribution in [1.29, 1.82) is 0 Å². The van der Waals surface area contributed by atoms with Crippen molar-refractivity contribution in [1.82, 2.24) is 9.29 Å². The third-order valence-electron chi connectivity index (χ3n) is 5.23. The SMILES string of the molecule is C[C@@H]1CN(c2ccc(F)cc2C(F)(F)F)CCN1S(=O)(=O)c1ccc(-c2ccccn2)s1. The highest BCUT2D eigenvalue weighted by Crippen LogP contribution is 2.38. The number of thiophene rings is 1. The van der Waals surface area contributed by atoms with E-state index >= 15 is 0 Å². The molecule has 1 aliphatic heterocycles. The summed E-state index contributed by atoms with van der Waals surface area (Å²) in [4.78, 5) is 6.38. The Morgan fingerprint density at radius 1 is 1.09 bits per heavy atom. The highest BCUT2D eigenvalue weighted by Gasteiger charge is 2.39. The van der Waals surface area contributed by atoms with E-state index < -0.39 is 33.6 Å². The van der Waals surface area contributed by atoms with Crippen LogP contribution in [0.3, 0.4) is 0 Å². The summed E-state index contributed by atoms with van der Waals surface area (Å²) in [6.07, 6.45) is -3.10. The number of hydrogen-bond donors (Lipinski definition) is 0. The number of nitrogens with zero attached hydrogens (tertiary/aromatic N) is 3. The number of hydrogen-bond acceptors (Lipinski definition) is 5. The topological polar surface area (TPSA) is 53.5 Å². The number of aromatic nitrogens is 1. The Labute approximate surface area is 187 Å².